The van der Waals surface area contributed by atoms with Gasteiger partial charge in [0.25, 0.3) is 0 Å². The molecule has 2 N–H and O–H groups in total. The number of methoxy groups -OCH3 is 1. The number of quaternary nitrogens is 1. The molecule has 1 aromatic carbocycles. The van der Waals surface area contributed by atoms with Gasteiger partial charge in [0.2, 0.25) is 10.0 Å². The standard InChI is InChI=1S/C17H28N2O3S/c1-14-7-11-19(12-8-14)10-4-9-18-23(20,21)17-13-15(2)5-6-16(17)22-3/h5-6,13-14,18H,4,7-12H2,1-3H3/p+1. The van der Waals surface area contributed by atoms with Gasteiger partial charge in [-0.25, -0.2) is 13.1 Å². The molecule has 0 saturated carbocycles. The molecule has 1 aromatic rings. The molecule has 0 amide bonds. The van der Waals surface area contributed by atoms with E-state index < -0.39 is 10.0 Å². The minimum Gasteiger partial charge on any atom is -0.495 e. The zero-order valence-electron chi connectivity index (χ0n) is 14.4. The van der Waals surface area contributed by atoms with Gasteiger partial charge < -0.3 is 9.64 Å². The number of nitrogens with one attached hydrogen (secondary N) is 2. The van der Waals surface area contributed by atoms with Gasteiger partial charge in [-0.1, -0.05) is 13.0 Å². The highest BCUT2D eigenvalue weighted by Crippen LogP contribution is 2.24. The van der Waals surface area contributed by atoms with Gasteiger partial charge in [-0.15, -0.1) is 0 Å². The minimum atomic E-state index is -3.52. The number of hydrogen-bond donors (Lipinski definition) is 2. The lowest BCUT2D eigenvalue weighted by Gasteiger charge is -2.27. The van der Waals surface area contributed by atoms with Crippen LogP contribution in [0.4, 0.5) is 0 Å². The summed E-state index contributed by atoms with van der Waals surface area (Å²) in [5, 5.41) is 0. The van der Waals surface area contributed by atoms with Crippen LogP contribution in [0.3, 0.4) is 0 Å². The quantitative estimate of drug-likeness (QED) is 0.727. The van der Waals surface area contributed by atoms with Gasteiger partial charge in [0, 0.05) is 13.0 Å². The van der Waals surface area contributed by atoms with E-state index in [9.17, 15) is 8.42 Å². The van der Waals surface area contributed by atoms with Crippen molar-refractivity contribution in [2.75, 3.05) is 33.3 Å². The molecule has 0 bridgehead atoms. The van der Waals surface area contributed by atoms with Crippen molar-refractivity contribution in [2.24, 2.45) is 5.92 Å². The summed E-state index contributed by atoms with van der Waals surface area (Å²) in [4.78, 5) is 1.81. The van der Waals surface area contributed by atoms with Gasteiger partial charge in [0.1, 0.15) is 10.6 Å². The third kappa shape index (κ3) is 5.19. The van der Waals surface area contributed by atoms with Crippen LogP contribution < -0.4 is 14.4 Å². The summed E-state index contributed by atoms with van der Waals surface area (Å²) in [6.07, 6.45) is 3.42. The Morgan fingerprint density at radius 2 is 2.00 bits per heavy atom. The number of benzene rings is 1. The number of ether oxygens (including phenoxy) is 1. The van der Waals surface area contributed by atoms with Gasteiger partial charge in [-0.3, -0.25) is 0 Å². The molecule has 1 heterocycles. The lowest BCUT2D eigenvalue weighted by Crippen LogP contribution is -3.13. The van der Waals surface area contributed by atoms with Gasteiger partial charge in [-0.05, 0) is 43.4 Å². The lowest BCUT2D eigenvalue weighted by atomic mass is 9.99. The van der Waals surface area contributed by atoms with Crippen LogP contribution in [0.1, 0.15) is 31.7 Å². The van der Waals surface area contributed by atoms with Gasteiger partial charge in [-0.2, -0.15) is 0 Å². The number of piperidine rings is 1. The predicted molar refractivity (Wildman–Crippen MR) is 91.5 cm³/mol. The van der Waals surface area contributed by atoms with Crippen LogP contribution in [-0.2, 0) is 10.0 Å². The van der Waals surface area contributed by atoms with Crippen LogP contribution in [0, 0.1) is 12.8 Å². The van der Waals surface area contributed by atoms with Crippen LogP contribution in [0.2, 0.25) is 0 Å². The zero-order valence-corrected chi connectivity index (χ0v) is 15.2. The Labute approximate surface area is 140 Å². The summed E-state index contributed by atoms with van der Waals surface area (Å²) in [5.74, 6) is 1.23. The molecule has 5 nitrogen and oxygen atoms in total. The van der Waals surface area contributed by atoms with Crippen molar-refractivity contribution in [3.63, 3.8) is 0 Å². The fourth-order valence-corrected chi connectivity index (χ4v) is 4.36. The summed E-state index contributed by atoms with van der Waals surface area (Å²) >= 11 is 0. The highest BCUT2D eigenvalue weighted by atomic mass is 32.2. The van der Waals surface area contributed by atoms with Gasteiger partial charge >= 0.3 is 0 Å². The summed E-state index contributed by atoms with van der Waals surface area (Å²) in [5.41, 5.74) is 0.901. The second kappa shape index (κ2) is 8.13. The Morgan fingerprint density at radius 1 is 1.30 bits per heavy atom. The van der Waals surface area contributed by atoms with Crippen molar-refractivity contribution < 1.29 is 18.1 Å². The first-order valence-electron chi connectivity index (χ1n) is 8.40. The van der Waals surface area contributed by atoms with Crippen molar-refractivity contribution in [2.45, 2.75) is 38.0 Å². The first-order valence-corrected chi connectivity index (χ1v) is 9.88. The molecular weight excluding hydrogens is 312 g/mol. The van der Waals surface area contributed by atoms with Gasteiger partial charge in [0.05, 0.1) is 26.7 Å². The number of hydrogen-bond acceptors (Lipinski definition) is 3. The second-order valence-electron chi connectivity index (χ2n) is 6.59. The number of likely N-dealkylation sites (tertiary alicyclic amines) is 1. The van der Waals surface area contributed by atoms with E-state index in [1.807, 2.05) is 13.0 Å². The van der Waals surface area contributed by atoms with E-state index in [-0.39, 0.29) is 4.90 Å². The molecule has 0 unspecified atom stereocenters. The third-order valence-electron chi connectivity index (χ3n) is 4.59. The zero-order chi connectivity index (χ0) is 16.9. The van der Waals surface area contributed by atoms with E-state index in [4.69, 9.17) is 4.74 Å². The molecular formula is C17H29N2O3S+. The molecule has 0 atom stereocenters. The smallest absolute Gasteiger partial charge is 0.244 e. The van der Waals surface area contributed by atoms with Crippen LogP contribution >= 0.6 is 0 Å². The average molecular weight is 341 g/mol. The maximum atomic E-state index is 12.5. The van der Waals surface area contributed by atoms with Crippen LogP contribution in [0.15, 0.2) is 23.1 Å². The summed E-state index contributed by atoms with van der Waals surface area (Å²) in [6.45, 7) is 8.09. The number of rotatable bonds is 7. The SMILES string of the molecule is COc1ccc(C)cc1S(=O)(=O)NCCC[NH+]1CCC(C)CC1. The molecule has 1 saturated heterocycles. The van der Waals surface area contributed by atoms with E-state index in [1.54, 1.807) is 17.0 Å². The summed E-state index contributed by atoms with van der Waals surface area (Å²) in [7, 11) is -2.03. The van der Waals surface area contributed by atoms with Crippen LogP contribution in [0.5, 0.6) is 5.75 Å². The average Bonchev–Trinajstić information content (AvgIpc) is 2.53. The van der Waals surface area contributed by atoms with E-state index in [1.165, 1.54) is 33.0 Å². The topological polar surface area (TPSA) is 59.8 Å². The fraction of sp³-hybridized carbons (Fsp3) is 0.647. The molecule has 1 aliphatic heterocycles. The van der Waals surface area contributed by atoms with Crippen LogP contribution in [-0.4, -0.2) is 41.7 Å². The Morgan fingerprint density at radius 3 is 2.65 bits per heavy atom. The summed E-state index contributed by atoms with van der Waals surface area (Å²) in [6, 6.07) is 5.19. The highest BCUT2D eigenvalue weighted by Gasteiger charge is 2.21. The Bertz CT molecular complexity index is 608. The molecule has 6 heteroatoms. The minimum absolute atomic E-state index is 0.221. The number of sulfonamides is 1. The Balaban J connectivity index is 1.86. The van der Waals surface area contributed by atoms with E-state index in [0.29, 0.717) is 12.3 Å². The molecule has 0 aliphatic carbocycles. The highest BCUT2D eigenvalue weighted by molar-refractivity contribution is 7.89. The van der Waals surface area contributed by atoms with Crippen LogP contribution in [0.25, 0.3) is 0 Å². The van der Waals surface area contributed by atoms with Crippen molar-refractivity contribution in [1.29, 1.82) is 0 Å². The van der Waals surface area contributed by atoms with E-state index in [0.717, 1.165) is 24.4 Å². The first kappa shape index (κ1) is 18.2. The molecule has 1 fully saturated rings. The normalized spacial score (nSPS) is 22.0. The van der Waals surface area contributed by atoms with Gasteiger partial charge in [0.15, 0.2) is 0 Å². The number of aryl methyl sites for hydroxylation is 1. The molecule has 0 aromatic heterocycles. The summed E-state index contributed by atoms with van der Waals surface area (Å²) < 4.78 is 32.8. The van der Waals surface area contributed by atoms with Crippen molar-refractivity contribution in [3.8, 4) is 5.75 Å². The third-order valence-corrected chi connectivity index (χ3v) is 6.07. The predicted octanol–water partition coefficient (Wildman–Crippen LogP) is 0.987. The maximum absolute atomic E-state index is 12.5. The largest absolute Gasteiger partial charge is 0.495 e. The second-order valence-corrected chi connectivity index (χ2v) is 8.32. The van der Waals surface area contributed by atoms with Crippen molar-refractivity contribution in [3.05, 3.63) is 23.8 Å². The van der Waals surface area contributed by atoms with E-state index >= 15 is 0 Å². The molecule has 0 spiro atoms. The molecule has 2 rings (SSSR count). The maximum Gasteiger partial charge on any atom is 0.244 e. The monoisotopic (exact) mass is 341 g/mol. The lowest BCUT2D eigenvalue weighted by molar-refractivity contribution is -0.906. The van der Waals surface area contributed by atoms with Crippen molar-refractivity contribution in [1.82, 2.24) is 4.72 Å². The Kier molecular flexibility index (Phi) is 6.44. The Hall–Kier alpha value is -1.11. The van der Waals surface area contributed by atoms with E-state index in [2.05, 4.69) is 11.6 Å². The van der Waals surface area contributed by atoms with Crippen molar-refractivity contribution >= 4 is 10.0 Å². The molecule has 1 aliphatic rings. The fourth-order valence-electron chi connectivity index (χ4n) is 3.04. The molecule has 23 heavy (non-hydrogen) atoms. The molecule has 0 radical (unpaired) electrons. The first-order chi connectivity index (χ1) is 10.9. The molecule has 130 valence electrons.